The number of Topliss-reactive ketones (excluding diaryl/α,β-unsaturated/α-hetero) is 3. The molecule has 4 aliphatic rings. The standard InChI is InChI=1S/C29H32N2O6/c1-31(2)24-20-13-17-12-18-16(9-8-15-6-4-3-5-7-15)10-11-21(32)23(18)26(34)22(17)27(35)29(20,37)14-19(25(24)33)28(30)36/h6,10-11,17,19-20,22,24,32,37H,3-5,7,12-14H2,1-2H3,(H2,30,36). The van der Waals surface area contributed by atoms with Crippen LogP contribution >= 0.6 is 0 Å². The number of ketones is 3. The molecule has 2 saturated carbocycles. The molecule has 1 amide bonds. The SMILES string of the molecule is CN(C)C1C(=O)C(C(N)=O)CC2(O)C(=O)C3C(=O)c4c(O)ccc(C#CC5=CCCCC5)c4CC3CC12. The molecule has 0 bridgehead atoms. The molecule has 0 aliphatic heterocycles. The maximum atomic E-state index is 13.8. The second-order valence-corrected chi connectivity index (χ2v) is 11.1. The first kappa shape index (κ1) is 25.4. The summed E-state index contributed by atoms with van der Waals surface area (Å²) in [4.78, 5) is 54.4. The summed E-state index contributed by atoms with van der Waals surface area (Å²) < 4.78 is 0. The van der Waals surface area contributed by atoms with Crippen molar-refractivity contribution >= 4 is 23.3 Å². The normalized spacial score (nSPS) is 33.0. The Morgan fingerprint density at radius 1 is 1.16 bits per heavy atom. The fourth-order valence-corrected chi connectivity index (χ4v) is 6.93. The van der Waals surface area contributed by atoms with Gasteiger partial charge in [0.1, 0.15) is 17.3 Å². The third kappa shape index (κ3) is 4.01. The van der Waals surface area contributed by atoms with Crippen LogP contribution in [0.5, 0.6) is 5.75 Å². The highest BCUT2D eigenvalue weighted by molar-refractivity contribution is 6.17. The number of likely N-dealkylation sites (N-methyl/N-ethyl adjacent to an activating group) is 1. The molecule has 0 spiro atoms. The van der Waals surface area contributed by atoms with E-state index in [2.05, 4.69) is 17.9 Å². The van der Waals surface area contributed by atoms with Crippen LogP contribution in [0.3, 0.4) is 0 Å². The van der Waals surface area contributed by atoms with Crippen LogP contribution < -0.4 is 5.73 Å². The van der Waals surface area contributed by atoms with Crippen molar-refractivity contribution in [2.45, 2.75) is 56.6 Å². The van der Waals surface area contributed by atoms with E-state index in [-0.39, 0.29) is 17.7 Å². The number of aliphatic hydroxyl groups is 1. The maximum Gasteiger partial charge on any atom is 0.228 e. The molecular weight excluding hydrogens is 472 g/mol. The van der Waals surface area contributed by atoms with Crippen LogP contribution in [0.2, 0.25) is 0 Å². The van der Waals surface area contributed by atoms with Crippen molar-refractivity contribution in [2.24, 2.45) is 29.4 Å². The molecule has 5 rings (SSSR count). The molecule has 0 aromatic heterocycles. The van der Waals surface area contributed by atoms with E-state index in [9.17, 15) is 29.4 Å². The Kier molecular flexibility index (Phi) is 6.33. The molecule has 6 atom stereocenters. The average molecular weight is 505 g/mol. The Morgan fingerprint density at radius 3 is 2.57 bits per heavy atom. The van der Waals surface area contributed by atoms with Crippen molar-refractivity contribution in [1.82, 2.24) is 4.90 Å². The molecule has 2 fully saturated rings. The molecule has 37 heavy (non-hydrogen) atoms. The van der Waals surface area contributed by atoms with E-state index in [1.807, 2.05) is 0 Å². The van der Waals surface area contributed by atoms with Gasteiger partial charge in [-0.25, -0.2) is 0 Å². The van der Waals surface area contributed by atoms with Crippen LogP contribution in [0.1, 0.15) is 60.0 Å². The van der Waals surface area contributed by atoms with Crippen molar-refractivity contribution in [3.05, 3.63) is 40.5 Å². The number of amides is 1. The number of nitrogens with two attached hydrogens (primary N) is 1. The van der Waals surface area contributed by atoms with E-state index in [1.165, 1.54) is 6.07 Å². The Morgan fingerprint density at radius 2 is 1.92 bits per heavy atom. The quantitative estimate of drug-likeness (QED) is 0.410. The summed E-state index contributed by atoms with van der Waals surface area (Å²) in [6, 6.07) is 2.23. The van der Waals surface area contributed by atoms with Gasteiger partial charge in [-0.2, -0.15) is 0 Å². The Balaban J connectivity index is 1.57. The first-order valence-electron chi connectivity index (χ1n) is 12.9. The number of hydrogen-bond acceptors (Lipinski definition) is 7. The number of phenols is 1. The fraction of sp³-hybridized carbons (Fsp3) is 0.517. The minimum Gasteiger partial charge on any atom is -0.507 e. The Labute approximate surface area is 215 Å². The van der Waals surface area contributed by atoms with Gasteiger partial charge in [0.15, 0.2) is 17.3 Å². The summed E-state index contributed by atoms with van der Waals surface area (Å²) in [6.07, 6.45) is 6.41. The van der Waals surface area contributed by atoms with Gasteiger partial charge in [-0.15, -0.1) is 0 Å². The lowest BCUT2D eigenvalue weighted by molar-refractivity contribution is -0.176. The van der Waals surface area contributed by atoms with Crippen molar-refractivity contribution < 1.29 is 29.4 Å². The maximum absolute atomic E-state index is 13.8. The topological polar surface area (TPSA) is 138 Å². The van der Waals surface area contributed by atoms with E-state index in [0.717, 1.165) is 31.3 Å². The summed E-state index contributed by atoms with van der Waals surface area (Å²) in [5.74, 6) is -0.107. The van der Waals surface area contributed by atoms with Crippen LogP contribution in [0, 0.1) is 35.5 Å². The highest BCUT2D eigenvalue weighted by Crippen LogP contribution is 2.52. The molecule has 4 N–H and O–H groups in total. The first-order valence-corrected chi connectivity index (χ1v) is 12.9. The number of hydrogen-bond donors (Lipinski definition) is 3. The summed E-state index contributed by atoms with van der Waals surface area (Å²) in [5, 5.41) is 22.3. The molecule has 0 saturated heterocycles. The number of fused-ring (bicyclic) bond motifs is 3. The lowest BCUT2D eigenvalue weighted by atomic mass is 9.52. The zero-order valence-corrected chi connectivity index (χ0v) is 21.1. The van der Waals surface area contributed by atoms with Gasteiger partial charge in [0.2, 0.25) is 5.91 Å². The van der Waals surface area contributed by atoms with Gasteiger partial charge in [0.25, 0.3) is 0 Å². The summed E-state index contributed by atoms with van der Waals surface area (Å²) >= 11 is 0. The van der Waals surface area contributed by atoms with E-state index in [0.29, 0.717) is 17.5 Å². The average Bonchev–Trinajstić information content (AvgIpc) is 2.85. The third-order valence-corrected chi connectivity index (χ3v) is 8.72. The van der Waals surface area contributed by atoms with Gasteiger partial charge >= 0.3 is 0 Å². The minimum atomic E-state index is -2.04. The van der Waals surface area contributed by atoms with Gasteiger partial charge in [-0.05, 0) is 81.8 Å². The van der Waals surface area contributed by atoms with Gasteiger partial charge in [-0.1, -0.05) is 17.9 Å². The highest BCUT2D eigenvalue weighted by atomic mass is 16.3. The largest absolute Gasteiger partial charge is 0.507 e. The number of nitrogens with zero attached hydrogens (tertiary/aromatic N) is 1. The van der Waals surface area contributed by atoms with Crippen LogP contribution in [0.4, 0.5) is 0 Å². The van der Waals surface area contributed by atoms with E-state index < -0.39 is 65.0 Å². The number of aromatic hydroxyl groups is 1. The predicted molar refractivity (Wildman–Crippen MR) is 134 cm³/mol. The summed E-state index contributed by atoms with van der Waals surface area (Å²) in [6.45, 7) is 0. The zero-order valence-electron chi connectivity index (χ0n) is 21.1. The van der Waals surface area contributed by atoms with Crippen LogP contribution in [-0.2, 0) is 20.8 Å². The molecule has 1 aromatic carbocycles. The molecule has 0 radical (unpaired) electrons. The molecule has 8 heteroatoms. The van der Waals surface area contributed by atoms with Crippen molar-refractivity contribution in [2.75, 3.05) is 14.1 Å². The lowest BCUT2D eigenvalue weighted by Crippen LogP contribution is -2.69. The third-order valence-electron chi connectivity index (χ3n) is 8.72. The van der Waals surface area contributed by atoms with E-state index in [1.54, 1.807) is 25.1 Å². The molecule has 1 aromatic rings. The van der Waals surface area contributed by atoms with Crippen molar-refractivity contribution in [3.8, 4) is 17.6 Å². The van der Waals surface area contributed by atoms with Crippen LogP contribution in [-0.4, -0.2) is 64.1 Å². The second-order valence-electron chi connectivity index (χ2n) is 11.1. The smallest absolute Gasteiger partial charge is 0.228 e. The summed E-state index contributed by atoms with van der Waals surface area (Å²) in [7, 11) is 3.33. The van der Waals surface area contributed by atoms with Gasteiger partial charge in [-0.3, -0.25) is 24.1 Å². The number of phenolic OH excluding ortho intramolecular Hbond substituents is 1. The van der Waals surface area contributed by atoms with Crippen LogP contribution in [0.25, 0.3) is 0 Å². The number of carbonyl (C=O) groups excluding carboxylic acids is 4. The molecule has 194 valence electrons. The Bertz CT molecular complexity index is 1300. The monoisotopic (exact) mass is 504 g/mol. The molecular formula is C29H32N2O6. The number of carbonyl (C=O) groups is 4. The highest BCUT2D eigenvalue weighted by Gasteiger charge is 2.64. The Hall–Kier alpha value is -3.28. The molecule has 0 heterocycles. The second kappa shape index (κ2) is 9.23. The van der Waals surface area contributed by atoms with Gasteiger partial charge < -0.3 is 15.9 Å². The van der Waals surface area contributed by atoms with E-state index >= 15 is 0 Å². The fourth-order valence-electron chi connectivity index (χ4n) is 6.93. The van der Waals surface area contributed by atoms with Crippen molar-refractivity contribution in [3.63, 3.8) is 0 Å². The number of benzene rings is 1. The number of primary amides is 1. The van der Waals surface area contributed by atoms with Crippen LogP contribution in [0.15, 0.2) is 23.8 Å². The van der Waals surface area contributed by atoms with Gasteiger partial charge in [0.05, 0.1) is 17.5 Å². The minimum absolute atomic E-state index is 0.0728. The molecule has 6 unspecified atom stereocenters. The van der Waals surface area contributed by atoms with Gasteiger partial charge in [0, 0.05) is 17.9 Å². The first-order chi connectivity index (χ1) is 17.5. The molecule has 8 nitrogen and oxygen atoms in total. The summed E-state index contributed by atoms with van der Waals surface area (Å²) in [5.41, 5.74) is 5.80. The zero-order chi connectivity index (χ0) is 26.6. The van der Waals surface area contributed by atoms with E-state index in [4.69, 9.17) is 5.73 Å². The molecule has 4 aliphatic carbocycles. The number of rotatable bonds is 2. The lowest BCUT2D eigenvalue weighted by Gasteiger charge is -2.53. The van der Waals surface area contributed by atoms with Crippen molar-refractivity contribution in [1.29, 1.82) is 0 Å². The predicted octanol–water partition coefficient (Wildman–Crippen LogP) is 1.54. The number of allylic oxidation sites excluding steroid dienone is 2.